The Morgan fingerprint density at radius 3 is 1.89 bits per heavy atom. The number of rotatable bonds is 5. The largest absolute Gasteiger partial charge is 0.437 e. The lowest BCUT2D eigenvalue weighted by atomic mass is 9.86. The van der Waals surface area contributed by atoms with Gasteiger partial charge < -0.3 is 9.64 Å². The van der Waals surface area contributed by atoms with Gasteiger partial charge in [-0.2, -0.15) is 0 Å². The predicted molar refractivity (Wildman–Crippen MR) is 63.7 cm³/mol. The molecule has 0 aromatic rings. The zero-order valence-corrected chi connectivity index (χ0v) is 11.5. The SMILES string of the molecule is CCN(CC)C(=O)OC(C(=O)C(F)F)C(C)(C)C. The maximum atomic E-state index is 12.5. The van der Waals surface area contributed by atoms with Crippen LogP contribution in [0.15, 0.2) is 0 Å². The number of ether oxygens (including phenoxy) is 1. The third-order valence-electron chi connectivity index (χ3n) is 2.50. The number of amides is 1. The summed E-state index contributed by atoms with van der Waals surface area (Å²) in [6.45, 7) is 9.01. The highest BCUT2D eigenvalue weighted by Gasteiger charge is 2.39. The van der Waals surface area contributed by atoms with Crippen LogP contribution in [0.4, 0.5) is 13.6 Å². The lowest BCUT2D eigenvalue weighted by molar-refractivity contribution is -0.144. The van der Waals surface area contributed by atoms with E-state index in [4.69, 9.17) is 4.74 Å². The molecule has 0 spiro atoms. The lowest BCUT2D eigenvalue weighted by Crippen LogP contribution is -2.45. The Hall–Kier alpha value is -1.20. The molecule has 0 aromatic heterocycles. The molecule has 1 unspecified atom stereocenters. The molecule has 0 aliphatic carbocycles. The fourth-order valence-corrected chi connectivity index (χ4v) is 1.43. The van der Waals surface area contributed by atoms with Gasteiger partial charge in [-0.05, 0) is 13.8 Å². The van der Waals surface area contributed by atoms with Crippen LogP contribution >= 0.6 is 0 Å². The number of Topliss-reactive ketones (excluding diaryl/α,β-unsaturated/α-hetero) is 1. The van der Waals surface area contributed by atoms with Crippen LogP contribution in [0.3, 0.4) is 0 Å². The zero-order chi connectivity index (χ0) is 14.5. The molecule has 0 saturated heterocycles. The molecule has 6 heteroatoms. The Bertz CT molecular complexity index is 296. The van der Waals surface area contributed by atoms with E-state index in [1.807, 2.05) is 0 Å². The van der Waals surface area contributed by atoms with E-state index in [0.29, 0.717) is 13.1 Å². The van der Waals surface area contributed by atoms with Gasteiger partial charge in [0.2, 0.25) is 5.78 Å². The summed E-state index contributed by atoms with van der Waals surface area (Å²) in [5, 5.41) is 0. The highest BCUT2D eigenvalue weighted by atomic mass is 19.3. The second-order valence-electron chi connectivity index (χ2n) is 5.01. The van der Waals surface area contributed by atoms with Crippen LogP contribution in [0.25, 0.3) is 0 Å². The molecule has 0 aromatic carbocycles. The summed E-state index contributed by atoms with van der Waals surface area (Å²) < 4.78 is 29.9. The number of halogens is 2. The minimum atomic E-state index is -3.14. The molecule has 0 radical (unpaired) electrons. The lowest BCUT2D eigenvalue weighted by Gasteiger charge is -2.30. The fourth-order valence-electron chi connectivity index (χ4n) is 1.43. The van der Waals surface area contributed by atoms with E-state index >= 15 is 0 Å². The highest BCUT2D eigenvalue weighted by Crippen LogP contribution is 2.25. The van der Waals surface area contributed by atoms with Crippen LogP contribution in [-0.4, -0.2) is 42.4 Å². The van der Waals surface area contributed by atoms with E-state index in [1.165, 1.54) is 4.90 Å². The van der Waals surface area contributed by atoms with Gasteiger partial charge in [-0.25, -0.2) is 13.6 Å². The Morgan fingerprint density at radius 1 is 1.17 bits per heavy atom. The third-order valence-corrected chi connectivity index (χ3v) is 2.50. The second-order valence-corrected chi connectivity index (χ2v) is 5.01. The summed E-state index contributed by atoms with van der Waals surface area (Å²) in [4.78, 5) is 24.4. The third kappa shape index (κ3) is 4.58. The average Bonchev–Trinajstić information content (AvgIpc) is 2.24. The van der Waals surface area contributed by atoms with E-state index in [-0.39, 0.29) is 0 Å². The number of hydrogen-bond acceptors (Lipinski definition) is 3. The van der Waals surface area contributed by atoms with Crippen LogP contribution < -0.4 is 0 Å². The molecule has 1 amide bonds. The van der Waals surface area contributed by atoms with E-state index < -0.39 is 29.8 Å². The zero-order valence-electron chi connectivity index (χ0n) is 11.5. The molecule has 0 aliphatic heterocycles. The Kier molecular flexibility index (Phi) is 6.21. The quantitative estimate of drug-likeness (QED) is 0.767. The Labute approximate surface area is 106 Å². The van der Waals surface area contributed by atoms with E-state index in [0.717, 1.165) is 0 Å². The van der Waals surface area contributed by atoms with Crippen molar-refractivity contribution in [3.05, 3.63) is 0 Å². The van der Waals surface area contributed by atoms with Gasteiger partial charge in [-0.1, -0.05) is 20.8 Å². The summed E-state index contributed by atoms with van der Waals surface area (Å²) in [5.41, 5.74) is -0.865. The van der Waals surface area contributed by atoms with Crippen LogP contribution in [-0.2, 0) is 9.53 Å². The molecular formula is C12H21F2NO3. The van der Waals surface area contributed by atoms with Crippen LogP contribution in [0.5, 0.6) is 0 Å². The van der Waals surface area contributed by atoms with Crippen LogP contribution in [0.1, 0.15) is 34.6 Å². The maximum Gasteiger partial charge on any atom is 0.410 e. The minimum Gasteiger partial charge on any atom is -0.437 e. The molecule has 18 heavy (non-hydrogen) atoms. The van der Waals surface area contributed by atoms with Gasteiger partial charge in [-0.15, -0.1) is 0 Å². The standard InChI is InChI=1S/C12H21F2NO3/c1-6-15(7-2)11(17)18-9(12(3,4)5)8(16)10(13)14/h9-10H,6-7H2,1-5H3. The number of alkyl halides is 2. The summed E-state index contributed by atoms with van der Waals surface area (Å²) in [5.74, 6) is -1.36. The first kappa shape index (κ1) is 16.8. The summed E-state index contributed by atoms with van der Waals surface area (Å²) in [6.07, 6.45) is -5.32. The smallest absolute Gasteiger partial charge is 0.410 e. The van der Waals surface area contributed by atoms with Crippen LogP contribution in [0, 0.1) is 5.41 Å². The molecule has 0 rings (SSSR count). The number of ketones is 1. The highest BCUT2D eigenvalue weighted by molar-refractivity contribution is 5.88. The average molecular weight is 265 g/mol. The molecule has 0 saturated carbocycles. The second kappa shape index (κ2) is 6.66. The normalized spacial score (nSPS) is 13.3. The number of nitrogens with zero attached hydrogens (tertiary/aromatic N) is 1. The molecule has 1 atom stereocenters. The monoisotopic (exact) mass is 265 g/mol. The minimum absolute atomic E-state index is 0.398. The molecule has 0 fully saturated rings. The number of hydrogen-bond donors (Lipinski definition) is 0. The van der Waals surface area contributed by atoms with Crippen molar-refractivity contribution in [3.8, 4) is 0 Å². The Morgan fingerprint density at radius 2 is 1.61 bits per heavy atom. The van der Waals surface area contributed by atoms with E-state index in [9.17, 15) is 18.4 Å². The first-order valence-corrected chi connectivity index (χ1v) is 5.92. The summed E-state index contributed by atoms with van der Waals surface area (Å²) in [7, 11) is 0. The molecule has 0 aliphatic rings. The first-order chi connectivity index (χ1) is 8.15. The van der Waals surface area contributed by atoms with Gasteiger partial charge >= 0.3 is 6.09 Å². The first-order valence-electron chi connectivity index (χ1n) is 5.92. The molecule has 0 bridgehead atoms. The van der Waals surface area contributed by atoms with Crippen molar-refractivity contribution in [2.45, 2.75) is 47.1 Å². The van der Waals surface area contributed by atoms with Crippen LogP contribution in [0.2, 0.25) is 0 Å². The van der Waals surface area contributed by atoms with E-state index in [2.05, 4.69) is 0 Å². The van der Waals surface area contributed by atoms with Crippen molar-refractivity contribution in [2.24, 2.45) is 5.41 Å². The number of carbonyl (C=O) groups excluding carboxylic acids is 2. The van der Waals surface area contributed by atoms with Crippen molar-refractivity contribution >= 4 is 11.9 Å². The van der Waals surface area contributed by atoms with E-state index in [1.54, 1.807) is 34.6 Å². The van der Waals surface area contributed by atoms with Gasteiger partial charge in [0.15, 0.2) is 6.10 Å². The fraction of sp³-hybridized carbons (Fsp3) is 0.833. The maximum absolute atomic E-state index is 12.5. The molecule has 0 heterocycles. The molecule has 106 valence electrons. The van der Waals surface area contributed by atoms with Crippen molar-refractivity contribution in [1.29, 1.82) is 0 Å². The van der Waals surface area contributed by atoms with Crippen molar-refractivity contribution in [2.75, 3.05) is 13.1 Å². The van der Waals surface area contributed by atoms with Gasteiger partial charge in [0, 0.05) is 18.5 Å². The Balaban J connectivity index is 4.92. The number of carbonyl (C=O) groups is 2. The summed E-state index contributed by atoms with van der Waals surface area (Å²) in [6, 6.07) is 0. The van der Waals surface area contributed by atoms with Crippen molar-refractivity contribution in [3.63, 3.8) is 0 Å². The molecule has 0 N–H and O–H groups in total. The molecular weight excluding hydrogens is 244 g/mol. The van der Waals surface area contributed by atoms with Gasteiger partial charge in [0.1, 0.15) is 0 Å². The topological polar surface area (TPSA) is 46.6 Å². The summed E-state index contributed by atoms with van der Waals surface area (Å²) >= 11 is 0. The van der Waals surface area contributed by atoms with Crippen molar-refractivity contribution < 1.29 is 23.1 Å². The van der Waals surface area contributed by atoms with Gasteiger partial charge in [-0.3, -0.25) is 4.79 Å². The van der Waals surface area contributed by atoms with Gasteiger partial charge in [0.25, 0.3) is 6.43 Å². The van der Waals surface area contributed by atoms with Gasteiger partial charge in [0.05, 0.1) is 0 Å². The predicted octanol–water partition coefficient (Wildman–Crippen LogP) is 2.71. The molecule has 4 nitrogen and oxygen atoms in total. The van der Waals surface area contributed by atoms with Crippen molar-refractivity contribution in [1.82, 2.24) is 4.90 Å².